The Balaban J connectivity index is 2.56. The first kappa shape index (κ1) is 13.3. The number of carboxylic acids is 1. The van der Waals surface area contributed by atoms with Crippen LogP contribution in [0.15, 0.2) is 0 Å². The van der Waals surface area contributed by atoms with Crippen LogP contribution in [-0.4, -0.2) is 56.7 Å². The van der Waals surface area contributed by atoms with Crippen molar-refractivity contribution in [2.24, 2.45) is 0 Å². The van der Waals surface area contributed by atoms with E-state index < -0.39 is 18.1 Å². The number of likely N-dealkylation sites (tertiary alicyclic amines) is 1. The summed E-state index contributed by atoms with van der Waals surface area (Å²) in [5, 5.41) is 18.6. The molecule has 1 aliphatic rings. The van der Waals surface area contributed by atoms with Gasteiger partial charge in [0.25, 0.3) is 0 Å². The summed E-state index contributed by atoms with van der Waals surface area (Å²) < 4.78 is 0. The first-order chi connectivity index (χ1) is 7.41. The molecule has 1 fully saturated rings. The van der Waals surface area contributed by atoms with Crippen LogP contribution >= 0.6 is 11.8 Å². The second-order valence-electron chi connectivity index (χ2n) is 4.15. The van der Waals surface area contributed by atoms with Gasteiger partial charge in [-0.1, -0.05) is 13.8 Å². The first-order valence-electron chi connectivity index (χ1n) is 5.23. The van der Waals surface area contributed by atoms with E-state index in [4.69, 9.17) is 5.11 Å². The van der Waals surface area contributed by atoms with Gasteiger partial charge in [0.15, 0.2) is 0 Å². The molecular weight excluding hydrogens is 230 g/mol. The smallest absolute Gasteiger partial charge is 0.326 e. The van der Waals surface area contributed by atoms with Crippen molar-refractivity contribution in [2.75, 3.05) is 12.3 Å². The lowest BCUT2D eigenvalue weighted by molar-refractivity contribution is -0.147. The molecule has 5 nitrogen and oxygen atoms in total. The molecule has 92 valence electrons. The van der Waals surface area contributed by atoms with Crippen molar-refractivity contribution >= 4 is 23.6 Å². The number of hydrogen-bond acceptors (Lipinski definition) is 4. The summed E-state index contributed by atoms with van der Waals surface area (Å²) in [6, 6.07) is -0.865. The Morgan fingerprint density at radius 1 is 1.50 bits per heavy atom. The number of aliphatic hydroxyl groups excluding tert-OH is 1. The van der Waals surface area contributed by atoms with Crippen molar-refractivity contribution in [3.63, 3.8) is 0 Å². The van der Waals surface area contributed by atoms with E-state index in [2.05, 4.69) is 0 Å². The first-order valence-corrected chi connectivity index (χ1v) is 6.28. The molecule has 1 aliphatic heterocycles. The third-order valence-corrected chi connectivity index (χ3v) is 3.50. The van der Waals surface area contributed by atoms with Crippen LogP contribution in [0.3, 0.4) is 0 Å². The number of β-amino-alcohol motifs (C(OH)–C–C–N with tert-alkyl or cyclic N) is 1. The van der Waals surface area contributed by atoms with Crippen molar-refractivity contribution in [3.05, 3.63) is 0 Å². The molecule has 0 aliphatic carbocycles. The Kier molecular flexibility index (Phi) is 4.61. The highest BCUT2D eigenvalue weighted by molar-refractivity contribution is 8.00. The quantitative estimate of drug-likeness (QED) is 0.740. The lowest BCUT2D eigenvalue weighted by atomic mass is 10.2. The maximum Gasteiger partial charge on any atom is 0.326 e. The van der Waals surface area contributed by atoms with Crippen LogP contribution in [0.4, 0.5) is 0 Å². The van der Waals surface area contributed by atoms with Crippen LogP contribution in [0.2, 0.25) is 0 Å². The van der Waals surface area contributed by atoms with E-state index in [1.165, 1.54) is 16.7 Å². The lowest BCUT2D eigenvalue weighted by Crippen LogP contribution is -2.41. The number of aliphatic carboxylic acids is 1. The summed E-state index contributed by atoms with van der Waals surface area (Å²) in [7, 11) is 0. The van der Waals surface area contributed by atoms with Crippen LogP contribution in [0, 0.1) is 0 Å². The third kappa shape index (κ3) is 3.38. The number of thioether (sulfide) groups is 1. The number of carboxylic acid groups (broad SMARTS) is 1. The van der Waals surface area contributed by atoms with Gasteiger partial charge in [0.05, 0.1) is 11.9 Å². The van der Waals surface area contributed by atoms with Gasteiger partial charge in [-0.05, 0) is 5.25 Å². The van der Waals surface area contributed by atoms with Gasteiger partial charge >= 0.3 is 5.97 Å². The molecule has 6 heteroatoms. The number of carbonyl (C=O) groups is 2. The van der Waals surface area contributed by atoms with Gasteiger partial charge in [-0.15, -0.1) is 11.8 Å². The van der Waals surface area contributed by atoms with Crippen molar-refractivity contribution in [2.45, 2.75) is 37.7 Å². The second-order valence-corrected chi connectivity index (χ2v) is 5.71. The average Bonchev–Trinajstić information content (AvgIpc) is 2.56. The van der Waals surface area contributed by atoms with E-state index in [0.29, 0.717) is 5.25 Å². The lowest BCUT2D eigenvalue weighted by Gasteiger charge is -2.21. The van der Waals surface area contributed by atoms with E-state index in [0.717, 1.165) is 0 Å². The molecule has 0 aromatic heterocycles. The monoisotopic (exact) mass is 247 g/mol. The minimum Gasteiger partial charge on any atom is -0.480 e. The van der Waals surface area contributed by atoms with Crippen LogP contribution in [0.25, 0.3) is 0 Å². The van der Waals surface area contributed by atoms with Crippen LogP contribution in [0.5, 0.6) is 0 Å². The molecule has 0 bridgehead atoms. The standard InChI is InChI=1S/C10H17NO4S/c1-6(2)16-5-9(13)11-4-7(12)3-8(11)10(14)15/h6-8,12H,3-5H2,1-2H3,(H,14,15)/t7-,8-/m0/s1. The fourth-order valence-electron chi connectivity index (χ4n) is 1.64. The topological polar surface area (TPSA) is 77.8 Å². The highest BCUT2D eigenvalue weighted by Gasteiger charge is 2.38. The molecular formula is C10H17NO4S. The van der Waals surface area contributed by atoms with Gasteiger partial charge in [-0.2, -0.15) is 0 Å². The zero-order valence-corrected chi connectivity index (χ0v) is 10.2. The van der Waals surface area contributed by atoms with E-state index in [1.54, 1.807) is 0 Å². The fourth-order valence-corrected chi connectivity index (χ4v) is 2.29. The number of hydrogen-bond donors (Lipinski definition) is 2. The number of rotatable bonds is 4. The van der Waals surface area contributed by atoms with E-state index in [9.17, 15) is 14.7 Å². The summed E-state index contributed by atoms with van der Waals surface area (Å²) in [6.45, 7) is 4.09. The van der Waals surface area contributed by atoms with E-state index in [1.807, 2.05) is 13.8 Å². The van der Waals surface area contributed by atoms with Crippen molar-refractivity contribution in [3.8, 4) is 0 Å². The Bertz CT molecular complexity index is 282. The zero-order valence-electron chi connectivity index (χ0n) is 9.42. The molecule has 2 N–H and O–H groups in total. The van der Waals surface area contributed by atoms with Gasteiger partial charge in [0, 0.05) is 13.0 Å². The van der Waals surface area contributed by atoms with Crippen LogP contribution in [-0.2, 0) is 9.59 Å². The average molecular weight is 247 g/mol. The SMILES string of the molecule is CC(C)SCC(=O)N1C[C@@H](O)C[C@H]1C(=O)O. The Morgan fingerprint density at radius 2 is 2.12 bits per heavy atom. The van der Waals surface area contributed by atoms with Crippen LogP contribution < -0.4 is 0 Å². The molecule has 1 amide bonds. The zero-order chi connectivity index (χ0) is 12.3. The highest BCUT2D eigenvalue weighted by atomic mass is 32.2. The summed E-state index contributed by atoms with van der Waals surface area (Å²) in [6.07, 6.45) is -0.581. The summed E-state index contributed by atoms with van der Waals surface area (Å²) >= 11 is 1.48. The molecule has 1 saturated heterocycles. The minimum atomic E-state index is -1.04. The Labute approximate surface area is 98.8 Å². The summed E-state index contributed by atoms with van der Waals surface area (Å²) in [4.78, 5) is 23.9. The van der Waals surface area contributed by atoms with Crippen molar-refractivity contribution in [1.29, 1.82) is 0 Å². The molecule has 0 saturated carbocycles. The maximum absolute atomic E-state index is 11.7. The highest BCUT2D eigenvalue weighted by Crippen LogP contribution is 2.20. The second kappa shape index (κ2) is 5.54. The molecule has 16 heavy (non-hydrogen) atoms. The van der Waals surface area contributed by atoms with Crippen molar-refractivity contribution in [1.82, 2.24) is 4.90 Å². The molecule has 0 aromatic rings. The number of nitrogens with zero attached hydrogens (tertiary/aromatic N) is 1. The molecule has 0 spiro atoms. The number of aliphatic hydroxyl groups is 1. The number of amides is 1. The molecule has 2 atom stereocenters. The predicted octanol–water partition coefficient (Wildman–Crippen LogP) is 0.174. The molecule has 1 rings (SSSR count). The molecule has 1 heterocycles. The van der Waals surface area contributed by atoms with Gasteiger partial charge < -0.3 is 15.1 Å². The van der Waals surface area contributed by atoms with Gasteiger partial charge in [0.1, 0.15) is 6.04 Å². The Hall–Kier alpha value is -0.750. The predicted molar refractivity (Wildman–Crippen MR) is 61.4 cm³/mol. The van der Waals surface area contributed by atoms with Crippen molar-refractivity contribution < 1.29 is 19.8 Å². The largest absolute Gasteiger partial charge is 0.480 e. The summed E-state index contributed by atoms with van der Waals surface area (Å²) in [5.41, 5.74) is 0. The Morgan fingerprint density at radius 3 is 2.62 bits per heavy atom. The summed E-state index contributed by atoms with van der Waals surface area (Å²) in [5.74, 6) is -0.976. The van der Waals surface area contributed by atoms with E-state index >= 15 is 0 Å². The van der Waals surface area contributed by atoms with Gasteiger partial charge in [0.2, 0.25) is 5.91 Å². The molecule has 0 unspecified atom stereocenters. The minimum absolute atomic E-state index is 0.132. The maximum atomic E-state index is 11.7. The van der Waals surface area contributed by atoms with Gasteiger partial charge in [-0.3, -0.25) is 4.79 Å². The van der Waals surface area contributed by atoms with Crippen LogP contribution in [0.1, 0.15) is 20.3 Å². The molecule has 0 radical (unpaired) electrons. The fraction of sp³-hybridized carbons (Fsp3) is 0.800. The number of carbonyl (C=O) groups excluding carboxylic acids is 1. The molecule has 0 aromatic carbocycles. The van der Waals surface area contributed by atoms with Gasteiger partial charge in [-0.25, -0.2) is 4.79 Å². The third-order valence-electron chi connectivity index (χ3n) is 2.42. The normalized spacial score (nSPS) is 25.1. The van der Waals surface area contributed by atoms with E-state index in [-0.39, 0.29) is 24.6 Å².